The maximum absolute atomic E-state index is 12.9. The van der Waals surface area contributed by atoms with E-state index < -0.39 is 6.10 Å². The number of ether oxygens (including phenoxy) is 3. The Labute approximate surface area is 419 Å². The Morgan fingerprint density at radius 1 is 0.338 bits per heavy atom. The van der Waals surface area contributed by atoms with Crippen molar-refractivity contribution in [1.29, 1.82) is 0 Å². The van der Waals surface area contributed by atoms with Gasteiger partial charge in [0.1, 0.15) is 6.61 Å². The lowest BCUT2D eigenvalue weighted by Gasteiger charge is -2.18. The maximum Gasteiger partial charge on any atom is 0.306 e. The maximum atomic E-state index is 12.9. The minimum atomic E-state index is -0.584. The topological polar surface area (TPSA) is 61.8 Å². The van der Waals surface area contributed by atoms with Gasteiger partial charge in [-0.05, 0) is 135 Å². The van der Waals surface area contributed by atoms with E-state index in [2.05, 4.69) is 154 Å². The summed E-state index contributed by atoms with van der Waals surface area (Å²) in [6.07, 6.45) is 81.8. The zero-order valence-corrected chi connectivity index (χ0v) is 44.1. The molecule has 0 aromatic carbocycles. The summed E-state index contributed by atoms with van der Waals surface area (Å²) in [5, 5.41) is 0. The number of hydrogen-bond donors (Lipinski definition) is 0. The average molecular weight is 940 g/mol. The lowest BCUT2D eigenvalue weighted by atomic mass is 10.1. The molecule has 0 bridgehead atoms. The Morgan fingerprint density at radius 3 is 1.06 bits per heavy atom. The first-order valence-corrected chi connectivity index (χ1v) is 27.7. The van der Waals surface area contributed by atoms with Gasteiger partial charge in [0.15, 0.2) is 6.10 Å². The van der Waals surface area contributed by atoms with Crippen LogP contribution in [-0.4, -0.2) is 37.9 Å². The van der Waals surface area contributed by atoms with Gasteiger partial charge in [0.05, 0.1) is 6.61 Å². The van der Waals surface area contributed by atoms with Crippen LogP contribution in [0.15, 0.2) is 134 Å². The molecule has 1 atom stereocenters. The highest BCUT2D eigenvalue weighted by Gasteiger charge is 2.17. The quantitative estimate of drug-likeness (QED) is 0.0345. The molecule has 0 fully saturated rings. The van der Waals surface area contributed by atoms with Gasteiger partial charge in [-0.15, -0.1) is 0 Å². The predicted molar refractivity (Wildman–Crippen MR) is 297 cm³/mol. The molecule has 0 rings (SSSR count). The summed E-state index contributed by atoms with van der Waals surface area (Å²) in [6.45, 7) is 7.43. The van der Waals surface area contributed by atoms with Crippen molar-refractivity contribution in [3.05, 3.63) is 134 Å². The molecule has 0 aliphatic carbocycles. The molecule has 384 valence electrons. The third-order valence-electron chi connectivity index (χ3n) is 11.2. The fourth-order valence-electron chi connectivity index (χ4n) is 7.09. The van der Waals surface area contributed by atoms with Crippen molar-refractivity contribution in [2.45, 2.75) is 232 Å². The number of carbonyl (C=O) groups excluding carboxylic acids is 2. The molecular weight excluding hydrogens is 837 g/mol. The number of rotatable bonds is 49. The minimum absolute atomic E-state index is 0.0430. The van der Waals surface area contributed by atoms with Crippen LogP contribution in [0.4, 0.5) is 0 Å². The van der Waals surface area contributed by atoms with Crippen LogP contribution in [0, 0.1) is 0 Å². The summed E-state index contributed by atoms with van der Waals surface area (Å²) in [5.74, 6) is -0.465. The fourth-order valence-corrected chi connectivity index (χ4v) is 7.09. The summed E-state index contributed by atoms with van der Waals surface area (Å²) in [7, 11) is 0. The molecule has 5 nitrogen and oxygen atoms in total. The smallest absolute Gasteiger partial charge is 0.306 e. The normalized spacial score (nSPS) is 13.3. The third-order valence-corrected chi connectivity index (χ3v) is 11.2. The van der Waals surface area contributed by atoms with E-state index >= 15 is 0 Å². The predicted octanol–water partition coefficient (Wildman–Crippen LogP) is 19.1. The van der Waals surface area contributed by atoms with Crippen molar-refractivity contribution in [2.24, 2.45) is 0 Å². The van der Waals surface area contributed by atoms with Gasteiger partial charge in [-0.3, -0.25) is 9.59 Å². The van der Waals surface area contributed by atoms with Gasteiger partial charge in [-0.1, -0.05) is 212 Å². The molecule has 0 aromatic heterocycles. The van der Waals surface area contributed by atoms with Gasteiger partial charge in [0.25, 0.3) is 0 Å². The molecule has 0 saturated carbocycles. The van der Waals surface area contributed by atoms with Crippen LogP contribution in [0.25, 0.3) is 0 Å². The summed E-state index contributed by atoms with van der Waals surface area (Å²) >= 11 is 0. The van der Waals surface area contributed by atoms with Crippen LogP contribution < -0.4 is 0 Å². The average Bonchev–Trinajstić information content (AvgIpc) is 3.34. The van der Waals surface area contributed by atoms with Crippen molar-refractivity contribution < 1.29 is 23.8 Å². The van der Waals surface area contributed by atoms with Gasteiger partial charge in [0, 0.05) is 19.4 Å². The van der Waals surface area contributed by atoms with Crippen LogP contribution in [0.1, 0.15) is 226 Å². The van der Waals surface area contributed by atoms with E-state index in [0.717, 1.165) is 141 Å². The first-order chi connectivity index (χ1) is 33.6. The van der Waals surface area contributed by atoms with Crippen molar-refractivity contribution in [2.75, 3.05) is 19.8 Å². The van der Waals surface area contributed by atoms with Crippen LogP contribution in [-0.2, 0) is 23.8 Å². The molecule has 1 unspecified atom stereocenters. The largest absolute Gasteiger partial charge is 0.462 e. The first-order valence-electron chi connectivity index (χ1n) is 27.7. The van der Waals surface area contributed by atoms with E-state index in [9.17, 15) is 9.59 Å². The Morgan fingerprint density at radius 2 is 0.662 bits per heavy atom. The molecule has 5 heteroatoms. The number of carbonyl (C=O) groups is 2. The lowest BCUT2D eigenvalue weighted by Crippen LogP contribution is -2.30. The number of unbranched alkanes of at least 4 members (excludes halogenated alkanes) is 16. The molecule has 0 spiro atoms. The summed E-state index contributed by atoms with van der Waals surface area (Å²) in [4.78, 5) is 25.5. The lowest BCUT2D eigenvalue weighted by molar-refractivity contribution is -0.163. The summed E-state index contributed by atoms with van der Waals surface area (Å²) < 4.78 is 17.4. The third kappa shape index (κ3) is 54.6. The van der Waals surface area contributed by atoms with Gasteiger partial charge in [0.2, 0.25) is 0 Å². The van der Waals surface area contributed by atoms with E-state index in [-0.39, 0.29) is 25.2 Å². The second-order valence-corrected chi connectivity index (χ2v) is 17.7. The van der Waals surface area contributed by atoms with Crippen LogP contribution >= 0.6 is 0 Å². The zero-order valence-electron chi connectivity index (χ0n) is 44.1. The molecule has 0 aliphatic heterocycles. The summed E-state index contributed by atoms with van der Waals surface area (Å²) in [5.41, 5.74) is 0. The second kappa shape index (κ2) is 57.4. The molecule has 0 aliphatic rings. The zero-order chi connectivity index (χ0) is 49.2. The minimum Gasteiger partial charge on any atom is -0.462 e. The fraction of sp³-hybridized carbons (Fsp3) is 0.619. The van der Waals surface area contributed by atoms with Gasteiger partial charge in [-0.2, -0.15) is 0 Å². The number of hydrogen-bond acceptors (Lipinski definition) is 5. The van der Waals surface area contributed by atoms with Gasteiger partial charge >= 0.3 is 11.9 Å². The number of esters is 2. The Bertz CT molecular complexity index is 1430. The highest BCUT2D eigenvalue weighted by Crippen LogP contribution is 2.13. The van der Waals surface area contributed by atoms with E-state index in [4.69, 9.17) is 14.2 Å². The van der Waals surface area contributed by atoms with Crippen molar-refractivity contribution >= 4 is 11.9 Å². The molecular formula is C63H102O5. The van der Waals surface area contributed by atoms with Crippen LogP contribution in [0.5, 0.6) is 0 Å². The SMILES string of the molecule is CC/C=C\C/C=C\C/C=C\C/C=C\C/C=C\CCCCOCC(COC(=O)CCCCCC/C=C\C/C=C\C/C=C\C/C=C\CC)OC(=O)CCCCCCCCC/C=C\C/C=C\CCCCC. The Hall–Kier alpha value is -3.96. The molecule has 0 saturated heterocycles. The van der Waals surface area contributed by atoms with E-state index in [1.807, 2.05) is 0 Å². The molecule has 0 aromatic rings. The van der Waals surface area contributed by atoms with E-state index in [0.29, 0.717) is 19.4 Å². The van der Waals surface area contributed by atoms with Crippen molar-refractivity contribution in [1.82, 2.24) is 0 Å². The monoisotopic (exact) mass is 939 g/mol. The Kier molecular flexibility index (Phi) is 54.0. The molecule has 0 radical (unpaired) electrons. The molecule has 0 heterocycles. The van der Waals surface area contributed by atoms with Gasteiger partial charge in [-0.25, -0.2) is 0 Å². The first kappa shape index (κ1) is 64.0. The molecule has 0 N–H and O–H groups in total. The Balaban J connectivity index is 4.45. The molecule has 0 amide bonds. The molecule has 68 heavy (non-hydrogen) atoms. The van der Waals surface area contributed by atoms with Crippen molar-refractivity contribution in [3.8, 4) is 0 Å². The van der Waals surface area contributed by atoms with Gasteiger partial charge < -0.3 is 14.2 Å². The standard InChI is InChI=1S/C63H102O5/c1-4-7-10-13-16-19-22-25-28-31-34-37-40-43-46-49-52-55-58-66-59-61(68-63(65)57-54-51-48-45-42-39-36-33-30-27-24-21-18-15-12-9-6-3)60-67-62(64)56-53-50-47-44-41-38-35-32-29-26-23-20-17-14-11-8-5-2/h7-8,10-11,16-21,25-30,34-35,37-38,43,46,61H,4-6,9,12-15,22-24,31-33,36,39-42,44-45,47-60H2,1-3H3/b10-7-,11-8-,19-16-,20-17-,21-18-,28-25-,29-26-,30-27-,37-34-,38-35-,46-43-. The van der Waals surface area contributed by atoms with Crippen LogP contribution in [0.2, 0.25) is 0 Å². The van der Waals surface area contributed by atoms with Crippen LogP contribution in [0.3, 0.4) is 0 Å². The number of allylic oxidation sites excluding steroid dienone is 22. The van der Waals surface area contributed by atoms with Crippen molar-refractivity contribution in [3.63, 3.8) is 0 Å². The second-order valence-electron chi connectivity index (χ2n) is 17.7. The highest BCUT2D eigenvalue weighted by atomic mass is 16.6. The van der Waals surface area contributed by atoms with E-state index in [1.54, 1.807) is 0 Å². The summed E-state index contributed by atoms with van der Waals surface area (Å²) in [6, 6.07) is 0. The van der Waals surface area contributed by atoms with E-state index in [1.165, 1.54) is 51.4 Å². The highest BCUT2D eigenvalue weighted by molar-refractivity contribution is 5.70.